The summed E-state index contributed by atoms with van der Waals surface area (Å²) in [6.45, 7) is 43.4. The van der Waals surface area contributed by atoms with Crippen molar-refractivity contribution in [2.75, 3.05) is 26.2 Å². The zero-order valence-electron chi connectivity index (χ0n) is 58.2. The normalized spacial score (nSPS) is 14.1. The lowest BCUT2D eigenvalue weighted by Crippen LogP contribution is -2.33. The number of nitrogens with one attached hydrogen (secondary N) is 4. The van der Waals surface area contributed by atoms with Crippen LogP contribution in [0.3, 0.4) is 0 Å². The number of rotatable bonds is 32. The highest BCUT2D eigenvalue weighted by atomic mass is 32.2. The maximum absolute atomic E-state index is 12.2. The van der Waals surface area contributed by atoms with Crippen LogP contribution in [-0.4, -0.2) is 84.0 Å². The molecule has 0 aliphatic rings. The van der Waals surface area contributed by atoms with Crippen LogP contribution in [0, 0.1) is 47.3 Å². The smallest absolute Gasteiger partial charge is 0.240 e. The van der Waals surface area contributed by atoms with E-state index < -0.39 is 40.1 Å². The van der Waals surface area contributed by atoms with Gasteiger partial charge in [-0.3, -0.25) is 0 Å². The Kier molecular flexibility index (Phi) is 53.6. The molecule has 0 heterocycles. The second-order valence-electron chi connectivity index (χ2n) is 22.6. The fourth-order valence-corrected chi connectivity index (χ4v) is 13.9. The lowest BCUT2D eigenvalue weighted by atomic mass is 9.90. The van der Waals surface area contributed by atoms with Crippen LogP contribution in [-0.2, 0) is 40.1 Å². The first-order valence-electron chi connectivity index (χ1n) is 32.6. The number of benzene rings is 4. The topological polar surface area (TPSA) is 289 Å². The van der Waals surface area contributed by atoms with Gasteiger partial charge in [0.2, 0.25) is 40.1 Å². The molecule has 8 atom stereocenters. The molecule has 88 heavy (non-hydrogen) atoms. The molecule has 4 rings (SSSR count). The molecule has 0 spiro atoms. The Labute approximate surface area is 540 Å². The molecular weight excluding hydrogens is 1190 g/mol. The van der Waals surface area contributed by atoms with E-state index in [1.165, 1.54) is 0 Å². The van der Waals surface area contributed by atoms with Crippen molar-refractivity contribution in [3.05, 3.63) is 121 Å². The van der Waals surface area contributed by atoms with Gasteiger partial charge in [0.1, 0.15) is 0 Å². The first-order chi connectivity index (χ1) is 41.5. The van der Waals surface area contributed by atoms with E-state index in [4.69, 9.17) is 22.9 Å². The molecule has 0 fully saturated rings. The van der Waals surface area contributed by atoms with E-state index in [9.17, 15) is 33.7 Å². The molecule has 0 saturated carbocycles. The van der Waals surface area contributed by atoms with Crippen LogP contribution in [0.5, 0.6) is 0 Å². The maximum atomic E-state index is 12.2. The molecule has 512 valence electrons. The third kappa shape index (κ3) is 40.3. The molecule has 16 nitrogen and oxygen atoms in total. The van der Waals surface area contributed by atoms with Crippen LogP contribution in [0.1, 0.15) is 190 Å². The van der Waals surface area contributed by atoms with Gasteiger partial charge in [0.25, 0.3) is 0 Å². The summed E-state index contributed by atoms with van der Waals surface area (Å²) in [5.74, 6) is 3.88. The van der Waals surface area contributed by atoms with Crippen LogP contribution >= 0.6 is 0 Å². The monoisotopic (exact) mass is 1310 g/mol. The molecule has 0 saturated heterocycles. The van der Waals surface area contributed by atoms with Gasteiger partial charge >= 0.3 is 0 Å². The number of sulfonamides is 4. The van der Waals surface area contributed by atoms with Crippen LogP contribution in [0.2, 0.25) is 0 Å². The summed E-state index contributed by atoms with van der Waals surface area (Å²) < 4.78 is 108. The van der Waals surface area contributed by atoms with E-state index in [-0.39, 0.29) is 24.2 Å². The molecule has 20 heteroatoms. The predicted molar refractivity (Wildman–Crippen MR) is 377 cm³/mol. The fraction of sp³-hybridized carbons (Fsp3) is 0.647. The summed E-state index contributed by atoms with van der Waals surface area (Å²) in [7, 11) is -13.7. The van der Waals surface area contributed by atoms with Crippen molar-refractivity contribution in [1.29, 1.82) is 0 Å². The number of hydrogen-bond donors (Lipinski definition) is 8. The van der Waals surface area contributed by atoms with Gasteiger partial charge in [-0.25, -0.2) is 52.6 Å². The van der Waals surface area contributed by atoms with Crippen molar-refractivity contribution in [3.63, 3.8) is 0 Å². The second kappa shape index (κ2) is 51.9. The van der Waals surface area contributed by atoms with Gasteiger partial charge in [-0.1, -0.05) is 184 Å². The Balaban J connectivity index is -0.000000514. The Morgan fingerprint density at radius 2 is 0.398 bits per heavy atom. The van der Waals surface area contributed by atoms with Crippen molar-refractivity contribution in [3.8, 4) is 0 Å². The lowest BCUT2D eigenvalue weighted by molar-refractivity contribution is 0.346. The first-order valence-corrected chi connectivity index (χ1v) is 38.5. The van der Waals surface area contributed by atoms with Crippen molar-refractivity contribution < 1.29 is 33.7 Å². The zero-order chi connectivity index (χ0) is 68.7. The Bertz CT molecular complexity index is 2320. The van der Waals surface area contributed by atoms with Crippen LogP contribution in [0.15, 0.2) is 141 Å². The highest BCUT2D eigenvalue weighted by Gasteiger charge is 2.23. The number of nitrogens with two attached hydrogens (primary N) is 4. The molecule has 4 aromatic rings. The highest BCUT2D eigenvalue weighted by molar-refractivity contribution is 7.90. The SMILES string of the molecule is CC.CC.CC.CC.CC(C)[C@@H](CN)CC[C@@H](C)NS(=O)(=O)c1ccccc1.CC(C)[C@@H](CN)CC[C@H](C)NS(=O)(=O)c1ccccc1.CC(C)[C@H](CN)CC[C@@H](C)NS(=O)(=O)c1ccccc1.CC(C)[C@H](CN)CC[C@H](C)NS(=O)(=O)c1ccccc1. The van der Waals surface area contributed by atoms with Gasteiger partial charge in [0.15, 0.2) is 0 Å². The minimum atomic E-state index is -3.42. The van der Waals surface area contributed by atoms with Gasteiger partial charge in [-0.05, 0) is 201 Å². The fourth-order valence-electron chi connectivity index (χ4n) is 8.72. The van der Waals surface area contributed by atoms with Crippen molar-refractivity contribution in [1.82, 2.24) is 18.9 Å². The maximum Gasteiger partial charge on any atom is 0.240 e. The molecule has 0 aromatic heterocycles. The summed E-state index contributed by atoms with van der Waals surface area (Å²) in [6, 6.07) is 33.5. The molecule has 0 aliphatic heterocycles. The van der Waals surface area contributed by atoms with Crippen LogP contribution in [0.4, 0.5) is 0 Å². The molecule has 4 aromatic carbocycles. The molecule has 0 bridgehead atoms. The van der Waals surface area contributed by atoms with E-state index in [1.807, 2.05) is 83.1 Å². The van der Waals surface area contributed by atoms with Gasteiger partial charge in [-0.15, -0.1) is 0 Å². The second-order valence-corrected chi connectivity index (χ2v) is 29.5. The summed E-state index contributed by atoms with van der Waals surface area (Å²) in [5.41, 5.74) is 23.0. The first kappa shape index (κ1) is 90.8. The van der Waals surface area contributed by atoms with Gasteiger partial charge in [0, 0.05) is 24.2 Å². The molecule has 0 amide bonds. The summed E-state index contributed by atoms with van der Waals surface area (Å²) in [6.07, 6.45) is 6.94. The van der Waals surface area contributed by atoms with E-state index >= 15 is 0 Å². The molecular formula is C68H128N8O8S4. The lowest BCUT2D eigenvalue weighted by Gasteiger charge is -2.21. The number of hydrogen-bond acceptors (Lipinski definition) is 12. The molecule has 0 unspecified atom stereocenters. The third-order valence-electron chi connectivity index (χ3n) is 14.5. The summed E-state index contributed by atoms with van der Waals surface area (Å²) in [4.78, 5) is 1.24. The molecule has 12 N–H and O–H groups in total. The quantitative estimate of drug-likeness (QED) is 0.0227. The predicted octanol–water partition coefficient (Wildman–Crippen LogP) is 13.6. The van der Waals surface area contributed by atoms with E-state index in [2.05, 4.69) is 74.3 Å². The van der Waals surface area contributed by atoms with Crippen molar-refractivity contribution in [2.45, 2.75) is 234 Å². The third-order valence-corrected chi connectivity index (χ3v) is 20.9. The van der Waals surface area contributed by atoms with Crippen molar-refractivity contribution in [2.24, 2.45) is 70.3 Å². The van der Waals surface area contributed by atoms with Gasteiger partial charge in [0.05, 0.1) is 19.6 Å². The molecule has 0 radical (unpaired) electrons. The van der Waals surface area contributed by atoms with Gasteiger partial charge < -0.3 is 22.9 Å². The van der Waals surface area contributed by atoms with Crippen LogP contribution in [0.25, 0.3) is 0 Å². The standard InChI is InChI=1S/4C15H26N2O2S.4C2H6/c4*1-12(2)14(11-16)10-9-13(3)17-20(18,19)15-7-5-4-6-8-15;4*1-2/h4*4-8,12-14,17H,9-11,16H2,1-3H3;4*1-2H3/t2*13-,14+;2*13-,14-;;;;/m1010..../s1. The average Bonchev–Trinajstić information content (AvgIpc) is 3.68. The summed E-state index contributed by atoms with van der Waals surface area (Å²) in [5, 5.41) is 0. The largest absolute Gasteiger partial charge is 0.330 e. The minimum Gasteiger partial charge on any atom is -0.330 e. The molecule has 0 aliphatic carbocycles. The van der Waals surface area contributed by atoms with Crippen LogP contribution < -0.4 is 41.8 Å². The Morgan fingerprint density at radius 1 is 0.261 bits per heavy atom. The van der Waals surface area contributed by atoms with Crippen molar-refractivity contribution >= 4 is 40.1 Å². The summed E-state index contributed by atoms with van der Waals surface area (Å²) >= 11 is 0. The van der Waals surface area contributed by atoms with E-state index in [1.54, 1.807) is 121 Å². The average molecular weight is 1310 g/mol. The highest BCUT2D eigenvalue weighted by Crippen LogP contribution is 2.22. The zero-order valence-corrected chi connectivity index (χ0v) is 61.4. The minimum absolute atomic E-state index is 0.0898. The van der Waals surface area contributed by atoms with E-state index in [0.717, 1.165) is 51.4 Å². The Morgan fingerprint density at radius 3 is 0.511 bits per heavy atom. The van der Waals surface area contributed by atoms with Gasteiger partial charge in [-0.2, -0.15) is 0 Å². The Hall–Kier alpha value is -3.64. The van der Waals surface area contributed by atoms with E-state index in [0.29, 0.717) is 93.1 Å².